The minimum atomic E-state index is -3.62. The lowest BCUT2D eigenvalue weighted by Gasteiger charge is -2.20. The zero-order valence-corrected chi connectivity index (χ0v) is 13.4. The van der Waals surface area contributed by atoms with E-state index in [1.165, 1.54) is 38.4 Å². The first-order chi connectivity index (χ1) is 10.3. The SMILES string of the molecule is CN(C)S(=O)(=O)c1cccc(C(=O)O[C@H]2CCCCC2=O)c1. The van der Waals surface area contributed by atoms with Crippen LogP contribution in [0.5, 0.6) is 0 Å². The summed E-state index contributed by atoms with van der Waals surface area (Å²) in [6.07, 6.45) is 1.91. The summed E-state index contributed by atoms with van der Waals surface area (Å²) in [5, 5.41) is 0. The van der Waals surface area contributed by atoms with Gasteiger partial charge in [-0.2, -0.15) is 0 Å². The number of hydrogen-bond acceptors (Lipinski definition) is 5. The molecule has 0 aromatic heterocycles. The Balaban J connectivity index is 2.19. The highest BCUT2D eigenvalue weighted by molar-refractivity contribution is 7.89. The van der Waals surface area contributed by atoms with Crippen LogP contribution in [0.15, 0.2) is 29.2 Å². The number of Topliss-reactive ketones (excluding diaryl/α,β-unsaturated/α-hetero) is 1. The van der Waals surface area contributed by atoms with E-state index in [-0.39, 0.29) is 16.2 Å². The number of benzene rings is 1. The Bertz CT molecular complexity index is 681. The largest absolute Gasteiger partial charge is 0.451 e. The fourth-order valence-corrected chi connectivity index (χ4v) is 3.22. The maximum absolute atomic E-state index is 12.1. The highest BCUT2D eigenvalue weighted by Gasteiger charge is 2.27. The number of carbonyl (C=O) groups is 2. The number of hydrogen-bond donors (Lipinski definition) is 0. The number of carbonyl (C=O) groups excluding carboxylic acids is 2. The molecule has 6 nitrogen and oxygen atoms in total. The molecule has 1 aromatic carbocycles. The predicted molar refractivity (Wildman–Crippen MR) is 80.0 cm³/mol. The van der Waals surface area contributed by atoms with Crippen molar-refractivity contribution < 1.29 is 22.7 Å². The number of esters is 1. The van der Waals surface area contributed by atoms with Crippen molar-refractivity contribution in [1.82, 2.24) is 4.31 Å². The second-order valence-corrected chi connectivity index (χ2v) is 7.57. The van der Waals surface area contributed by atoms with Crippen LogP contribution in [0.2, 0.25) is 0 Å². The Kier molecular flexibility index (Phi) is 4.97. The van der Waals surface area contributed by atoms with Crippen molar-refractivity contribution >= 4 is 21.8 Å². The molecular weight excluding hydrogens is 306 g/mol. The van der Waals surface area contributed by atoms with Crippen molar-refractivity contribution in [3.8, 4) is 0 Å². The van der Waals surface area contributed by atoms with Crippen LogP contribution in [-0.2, 0) is 19.6 Å². The van der Waals surface area contributed by atoms with Gasteiger partial charge in [0.25, 0.3) is 0 Å². The summed E-state index contributed by atoms with van der Waals surface area (Å²) in [7, 11) is -0.783. The van der Waals surface area contributed by atoms with E-state index in [9.17, 15) is 18.0 Å². The van der Waals surface area contributed by atoms with Crippen LogP contribution >= 0.6 is 0 Å². The average Bonchev–Trinajstić information content (AvgIpc) is 2.49. The number of rotatable bonds is 4. The highest BCUT2D eigenvalue weighted by Crippen LogP contribution is 2.20. The molecule has 1 aliphatic carbocycles. The van der Waals surface area contributed by atoms with Gasteiger partial charge in [0.1, 0.15) is 0 Å². The van der Waals surface area contributed by atoms with E-state index in [2.05, 4.69) is 0 Å². The topological polar surface area (TPSA) is 80.8 Å². The first-order valence-corrected chi connectivity index (χ1v) is 8.52. The lowest BCUT2D eigenvalue weighted by Crippen LogP contribution is -2.30. The van der Waals surface area contributed by atoms with Gasteiger partial charge < -0.3 is 4.74 Å². The van der Waals surface area contributed by atoms with Crippen LogP contribution in [-0.4, -0.2) is 44.7 Å². The number of sulfonamides is 1. The molecule has 1 saturated carbocycles. The molecule has 1 aromatic rings. The number of ketones is 1. The minimum Gasteiger partial charge on any atom is -0.451 e. The molecule has 1 fully saturated rings. The molecule has 7 heteroatoms. The summed E-state index contributed by atoms with van der Waals surface area (Å²) in [5.74, 6) is -0.743. The molecule has 0 spiro atoms. The lowest BCUT2D eigenvalue weighted by atomic mass is 9.96. The van der Waals surface area contributed by atoms with E-state index in [1.807, 2.05) is 0 Å². The summed E-state index contributed by atoms with van der Waals surface area (Å²) < 4.78 is 30.4. The van der Waals surface area contributed by atoms with Gasteiger partial charge in [-0.15, -0.1) is 0 Å². The lowest BCUT2D eigenvalue weighted by molar-refractivity contribution is -0.129. The molecular formula is C15H19NO5S. The Morgan fingerprint density at radius 3 is 2.64 bits per heavy atom. The molecule has 120 valence electrons. The van der Waals surface area contributed by atoms with Gasteiger partial charge >= 0.3 is 5.97 Å². The van der Waals surface area contributed by atoms with Gasteiger partial charge in [-0.25, -0.2) is 17.5 Å². The molecule has 22 heavy (non-hydrogen) atoms. The first-order valence-electron chi connectivity index (χ1n) is 7.08. The second kappa shape index (κ2) is 6.58. The van der Waals surface area contributed by atoms with Gasteiger partial charge in [-0.05, 0) is 37.5 Å². The van der Waals surface area contributed by atoms with Crippen LogP contribution in [0.25, 0.3) is 0 Å². The molecule has 0 bridgehead atoms. The average molecular weight is 325 g/mol. The minimum absolute atomic E-state index is 0.0157. The van der Waals surface area contributed by atoms with Crippen molar-refractivity contribution in [3.63, 3.8) is 0 Å². The molecule has 1 atom stereocenters. The molecule has 0 heterocycles. The first kappa shape index (κ1) is 16.6. The Labute approximate surface area is 130 Å². The van der Waals surface area contributed by atoms with Crippen molar-refractivity contribution in [2.75, 3.05) is 14.1 Å². The van der Waals surface area contributed by atoms with Crippen LogP contribution in [0.3, 0.4) is 0 Å². The van der Waals surface area contributed by atoms with Crippen LogP contribution in [0.1, 0.15) is 36.0 Å². The van der Waals surface area contributed by atoms with E-state index >= 15 is 0 Å². The normalized spacial score (nSPS) is 19.2. The number of ether oxygens (including phenoxy) is 1. The summed E-state index contributed by atoms with van der Waals surface area (Å²) in [6.45, 7) is 0. The van der Waals surface area contributed by atoms with E-state index in [0.717, 1.165) is 17.1 Å². The van der Waals surface area contributed by atoms with Gasteiger partial charge in [0.15, 0.2) is 11.9 Å². The van der Waals surface area contributed by atoms with E-state index in [4.69, 9.17) is 4.74 Å². The van der Waals surface area contributed by atoms with Crippen molar-refractivity contribution in [2.24, 2.45) is 0 Å². The standard InChI is InChI=1S/C15H19NO5S/c1-16(2)22(19,20)12-7-5-6-11(10-12)15(18)21-14-9-4-3-8-13(14)17/h5-7,10,14H,3-4,8-9H2,1-2H3/t14-/m0/s1. The third-order valence-corrected chi connectivity index (χ3v) is 5.41. The number of nitrogens with zero attached hydrogens (tertiary/aromatic N) is 1. The van der Waals surface area contributed by atoms with Gasteiger partial charge in [-0.3, -0.25) is 4.79 Å². The molecule has 0 unspecified atom stereocenters. The van der Waals surface area contributed by atoms with Crippen molar-refractivity contribution in [2.45, 2.75) is 36.7 Å². The van der Waals surface area contributed by atoms with Gasteiger partial charge in [0.2, 0.25) is 10.0 Å². The second-order valence-electron chi connectivity index (χ2n) is 5.42. The molecule has 2 rings (SSSR count). The van der Waals surface area contributed by atoms with Crippen LogP contribution in [0, 0.1) is 0 Å². The van der Waals surface area contributed by atoms with Crippen molar-refractivity contribution in [1.29, 1.82) is 0 Å². The van der Waals surface area contributed by atoms with E-state index in [0.29, 0.717) is 12.8 Å². The van der Waals surface area contributed by atoms with Gasteiger partial charge in [0, 0.05) is 20.5 Å². The third-order valence-electron chi connectivity index (χ3n) is 3.60. The summed E-state index contributed by atoms with van der Waals surface area (Å²) in [6, 6.07) is 5.64. The fraction of sp³-hybridized carbons (Fsp3) is 0.467. The predicted octanol–water partition coefficient (Wildman–Crippen LogP) is 1.61. The molecule has 1 aliphatic rings. The van der Waals surface area contributed by atoms with Crippen molar-refractivity contribution in [3.05, 3.63) is 29.8 Å². The summed E-state index contributed by atoms with van der Waals surface area (Å²) in [4.78, 5) is 23.8. The molecule has 0 amide bonds. The summed E-state index contributed by atoms with van der Waals surface area (Å²) >= 11 is 0. The third kappa shape index (κ3) is 3.53. The van der Waals surface area contributed by atoms with Gasteiger partial charge in [0.05, 0.1) is 10.5 Å². The monoisotopic (exact) mass is 325 g/mol. The quantitative estimate of drug-likeness (QED) is 0.786. The maximum Gasteiger partial charge on any atom is 0.338 e. The molecule has 0 N–H and O–H groups in total. The fourth-order valence-electron chi connectivity index (χ4n) is 2.27. The maximum atomic E-state index is 12.1. The van der Waals surface area contributed by atoms with E-state index in [1.54, 1.807) is 0 Å². The zero-order chi connectivity index (χ0) is 16.3. The van der Waals surface area contributed by atoms with Crippen LogP contribution in [0.4, 0.5) is 0 Å². The van der Waals surface area contributed by atoms with Crippen LogP contribution < -0.4 is 0 Å². The molecule has 0 radical (unpaired) electrons. The van der Waals surface area contributed by atoms with E-state index < -0.39 is 22.1 Å². The Morgan fingerprint density at radius 2 is 2.00 bits per heavy atom. The smallest absolute Gasteiger partial charge is 0.338 e. The molecule has 0 aliphatic heterocycles. The Morgan fingerprint density at radius 1 is 1.27 bits per heavy atom. The zero-order valence-electron chi connectivity index (χ0n) is 12.6. The summed E-state index contributed by atoms with van der Waals surface area (Å²) in [5.41, 5.74) is 0.126. The Hall–Kier alpha value is -1.73. The highest BCUT2D eigenvalue weighted by atomic mass is 32.2. The molecule has 0 saturated heterocycles. The van der Waals surface area contributed by atoms with Gasteiger partial charge in [-0.1, -0.05) is 6.07 Å².